The summed E-state index contributed by atoms with van der Waals surface area (Å²) in [5.41, 5.74) is -0.758. The summed E-state index contributed by atoms with van der Waals surface area (Å²) in [4.78, 5) is 28.8. The van der Waals surface area contributed by atoms with Crippen molar-refractivity contribution in [1.82, 2.24) is 14.9 Å². The fourth-order valence-electron chi connectivity index (χ4n) is 2.19. The molecule has 1 aromatic rings. The van der Waals surface area contributed by atoms with Crippen molar-refractivity contribution in [3.63, 3.8) is 0 Å². The molecule has 0 aliphatic rings. The van der Waals surface area contributed by atoms with E-state index >= 15 is 0 Å². The van der Waals surface area contributed by atoms with Crippen LogP contribution in [0.2, 0.25) is 0 Å². The van der Waals surface area contributed by atoms with E-state index in [-0.39, 0.29) is 23.1 Å². The van der Waals surface area contributed by atoms with Gasteiger partial charge in [0.1, 0.15) is 5.54 Å². The molecule has 6 heteroatoms. The Balaban J connectivity index is 2.75. The van der Waals surface area contributed by atoms with E-state index < -0.39 is 5.54 Å². The predicted octanol–water partition coefficient (Wildman–Crippen LogP) is 3.16. The van der Waals surface area contributed by atoms with E-state index in [9.17, 15) is 9.59 Å². The zero-order chi connectivity index (χ0) is 18.5. The van der Waals surface area contributed by atoms with Crippen LogP contribution in [0.3, 0.4) is 0 Å². The molecule has 1 rings (SSSR count). The van der Waals surface area contributed by atoms with Gasteiger partial charge in [0, 0.05) is 18.7 Å². The van der Waals surface area contributed by atoms with Gasteiger partial charge in [-0.3, -0.25) is 9.59 Å². The van der Waals surface area contributed by atoms with Gasteiger partial charge in [0.25, 0.3) is 0 Å². The molecule has 0 spiro atoms. The lowest BCUT2D eigenvalue weighted by molar-refractivity contribution is -0.128. The van der Waals surface area contributed by atoms with E-state index in [1.54, 1.807) is 17.1 Å². The fourth-order valence-corrected chi connectivity index (χ4v) is 2.19. The van der Waals surface area contributed by atoms with Crippen molar-refractivity contribution in [3.8, 4) is 0 Å². The van der Waals surface area contributed by atoms with E-state index in [0.29, 0.717) is 12.4 Å². The molecule has 1 atom stereocenters. The first-order valence-electron chi connectivity index (χ1n) is 8.61. The summed E-state index contributed by atoms with van der Waals surface area (Å²) in [5, 5.41) is 5.78. The molecule has 2 N–H and O–H groups in total. The lowest BCUT2D eigenvalue weighted by atomic mass is 9.96. The highest BCUT2D eigenvalue weighted by molar-refractivity contribution is 5.91. The summed E-state index contributed by atoms with van der Waals surface area (Å²) in [5.74, 6) is 0.298. The number of carbonyl (C=O) groups is 2. The van der Waals surface area contributed by atoms with Gasteiger partial charge >= 0.3 is 0 Å². The quantitative estimate of drug-likeness (QED) is 0.803. The van der Waals surface area contributed by atoms with Crippen LogP contribution in [0, 0.1) is 11.3 Å². The Morgan fingerprint density at radius 2 is 1.88 bits per heavy atom. The molecule has 0 aromatic carbocycles. The average molecular weight is 336 g/mol. The first kappa shape index (κ1) is 20.2. The van der Waals surface area contributed by atoms with Crippen LogP contribution >= 0.6 is 0 Å². The van der Waals surface area contributed by atoms with Crippen molar-refractivity contribution >= 4 is 17.6 Å². The number of anilines is 1. The normalized spacial score (nSPS) is 13.5. The van der Waals surface area contributed by atoms with Crippen molar-refractivity contribution in [2.24, 2.45) is 11.3 Å². The Kier molecular flexibility index (Phi) is 6.58. The van der Waals surface area contributed by atoms with Gasteiger partial charge in [-0.05, 0) is 25.7 Å². The molecule has 0 unspecified atom stereocenters. The van der Waals surface area contributed by atoms with Crippen molar-refractivity contribution < 1.29 is 9.59 Å². The van der Waals surface area contributed by atoms with Crippen LogP contribution in [0.1, 0.15) is 61.3 Å². The molecule has 0 fully saturated rings. The van der Waals surface area contributed by atoms with Crippen molar-refractivity contribution in [2.75, 3.05) is 11.9 Å². The maximum absolute atomic E-state index is 12.5. The van der Waals surface area contributed by atoms with E-state index in [0.717, 1.165) is 12.8 Å². The number of nitrogens with one attached hydrogen (secondary N) is 2. The highest BCUT2D eigenvalue weighted by Gasteiger charge is 2.30. The van der Waals surface area contributed by atoms with Crippen LogP contribution in [0.15, 0.2) is 12.5 Å². The second kappa shape index (κ2) is 7.81. The van der Waals surface area contributed by atoms with Gasteiger partial charge in [0.15, 0.2) is 5.82 Å². The van der Waals surface area contributed by atoms with Crippen LogP contribution < -0.4 is 10.6 Å². The monoisotopic (exact) mass is 336 g/mol. The largest absolute Gasteiger partial charge is 0.354 e. The van der Waals surface area contributed by atoms with Crippen molar-refractivity contribution in [2.45, 2.75) is 66.8 Å². The van der Waals surface area contributed by atoms with Crippen LogP contribution in [0.5, 0.6) is 0 Å². The van der Waals surface area contributed by atoms with E-state index in [1.807, 2.05) is 20.8 Å². The number of carbonyl (C=O) groups excluding carboxylic acids is 2. The minimum Gasteiger partial charge on any atom is -0.354 e. The molecule has 0 aliphatic carbocycles. The smallest absolute Gasteiger partial charge is 0.245 e. The average Bonchev–Trinajstić information content (AvgIpc) is 2.93. The lowest BCUT2D eigenvalue weighted by Gasteiger charge is -2.27. The number of aromatic nitrogens is 2. The number of rotatable bonds is 7. The maximum atomic E-state index is 12.5. The zero-order valence-corrected chi connectivity index (χ0v) is 16.1. The van der Waals surface area contributed by atoms with Gasteiger partial charge in [-0.15, -0.1) is 0 Å². The third-order valence-corrected chi connectivity index (χ3v) is 3.98. The van der Waals surface area contributed by atoms with Crippen LogP contribution in [-0.2, 0) is 15.1 Å². The van der Waals surface area contributed by atoms with E-state index in [4.69, 9.17) is 0 Å². The standard InChI is InChI=1S/C18H32N4O2/c1-8-9-13(2)15(23)21-14-10-22(12-20-14)18(6,7)16(24)19-11-17(3,4)5/h10,12-13H,8-9,11H2,1-7H3,(H,19,24)(H,21,23)/t13-/m0/s1. The van der Waals surface area contributed by atoms with Crippen LogP contribution in [0.4, 0.5) is 5.82 Å². The van der Waals surface area contributed by atoms with Crippen molar-refractivity contribution in [1.29, 1.82) is 0 Å². The molecule has 1 heterocycles. The summed E-state index contributed by atoms with van der Waals surface area (Å²) >= 11 is 0. The molecule has 2 amide bonds. The molecule has 6 nitrogen and oxygen atoms in total. The Labute approximate surface area is 145 Å². The minimum absolute atomic E-state index is 0.0230. The molecule has 0 saturated heterocycles. The molecule has 24 heavy (non-hydrogen) atoms. The summed E-state index contributed by atoms with van der Waals surface area (Å²) < 4.78 is 1.73. The molecular formula is C18H32N4O2. The lowest BCUT2D eigenvalue weighted by Crippen LogP contribution is -2.46. The summed E-state index contributed by atoms with van der Waals surface area (Å²) in [6.07, 6.45) is 5.08. The number of hydrogen-bond donors (Lipinski definition) is 2. The predicted molar refractivity (Wildman–Crippen MR) is 96.7 cm³/mol. The van der Waals surface area contributed by atoms with Crippen LogP contribution in [-0.4, -0.2) is 27.9 Å². The second-order valence-corrected chi connectivity index (χ2v) is 8.15. The number of imidazole rings is 1. The zero-order valence-electron chi connectivity index (χ0n) is 16.1. The summed E-state index contributed by atoms with van der Waals surface area (Å²) in [6, 6.07) is 0. The number of hydrogen-bond acceptors (Lipinski definition) is 3. The Morgan fingerprint density at radius 1 is 1.25 bits per heavy atom. The van der Waals surface area contributed by atoms with Gasteiger partial charge < -0.3 is 15.2 Å². The highest BCUT2D eigenvalue weighted by Crippen LogP contribution is 2.19. The molecule has 0 aliphatic heterocycles. The molecule has 136 valence electrons. The van der Waals surface area contributed by atoms with Gasteiger partial charge in [-0.1, -0.05) is 41.0 Å². The molecule has 1 aromatic heterocycles. The third kappa shape index (κ3) is 5.65. The van der Waals surface area contributed by atoms with Gasteiger partial charge in [-0.25, -0.2) is 4.98 Å². The number of amides is 2. The van der Waals surface area contributed by atoms with Crippen LogP contribution in [0.25, 0.3) is 0 Å². The summed E-state index contributed by atoms with van der Waals surface area (Å²) in [7, 11) is 0. The topological polar surface area (TPSA) is 76.0 Å². The Morgan fingerprint density at radius 3 is 2.42 bits per heavy atom. The highest BCUT2D eigenvalue weighted by atomic mass is 16.2. The van der Waals surface area contributed by atoms with Gasteiger partial charge in [-0.2, -0.15) is 0 Å². The Hall–Kier alpha value is -1.85. The summed E-state index contributed by atoms with van der Waals surface area (Å²) in [6.45, 7) is 14.4. The molecule has 0 saturated carbocycles. The van der Waals surface area contributed by atoms with Gasteiger partial charge in [0.05, 0.1) is 6.33 Å². The maximum Gasteiger partial charge on any atom is 0.245 e. The first-order chi connectivity index (χ1) is 11.0. The molecule has 0 bridgehead atoms. The SMILES string of the molecule is CCC[C@H](C)C(=O)Nc1cn(C(C)(C)C(=O)NCC(C)(C)C)cn1. The first-order valence-corrected chi connectivity index (χ1v) is 8.61. The van der Waals surface area contributed by atoms with Crippen molar-refractivity contribution in [3.05, 3.63) is 12.5 Å². The van der Waals surface area contributed by atoms with E-state index in [2.05, 4.69) is 43.3 Å². The fraction of sp³-hybridized carbons (Fsp3) is 0.722. The number of nitrogens with zero attached hydrogens (tertiary/aromatic N) is 2. The van der Waals surface area contributed by atoms with Gasteiger partial charge in [0.2, 0.25) is 11.8 Å². The molecular weight excluding hydrogens is 304 g/mol. The third-order valence-electron chi connectivity index (χ3n) is 3.98. The Bertz CT molecular complexity index is 570. The molecule has 0 radical (unpaired) electrons. The van der Waals surface area contributed by atoms with E-state index in [1.165, 1.54) is 0 Å². The minimum atomic E-state index is -0.781. The second-order valence-electron chi connectivity index (χ2n) is 8.15.